The van der Waals surface area contributed by atoms with Crippen molar-refractivity contribution in [2.45, 2.75) is 0 Å². The lowest BCUT2D eigenvalue weighted by Gasteiger charge is -2.09. The van der Waals surface area contributed by atoms with Crippen LogP contribution in [0.1, 0.15) is 0 Å². The second kappa shape index (κ2) is 9.59. The van der Waals surface area contributed by atoms with E-state index in [0.717, 1.165) is 44.3 Å². The van der Waals surface area contributed by atoms with Crippen LogP contribution in [0.2, 0.25) is 0 Å². The van der Waals surface area contributed by atoms with Crippen LogP contribution in [0.25, 0.3) is 86.4 Å². The molecule has 0 aliphatic rings. The van der Waals surface area contributed by atoms with E-state index in [1.807, 2.05) is 11.3 Å². The lowest BCUT2D eigenvalue weighted by molar-refractivity contribution is 1.37. The maximum atomic E-state index is 5.18. The maximum Gasteiger partial charge on any atom is 0.0972 e. The summed E-state index contributed by atoms with van der Waals surface area (Å²) in [4.78, 5) is 10.3. The Morgan fingerprint density at radius 2 is 0.977 bits per heavy atom. The summed E-state index contributed by atoms with van der Waals surface area (Å²) < 4.78 is 2.66. The maximum absolute atomic E-state index is 5.18. The molecule has 200 valence electrons. The zero-order valence-corrected chi connectivity index (χ0v) is 24.0. The minimum absolute atomic E-state index is 0.928. The van der Waals surface area contributed by atoms with Crippen molar-refractivity contribution in [3.8, 4) is 33.6 Å². The fourth-order valence-electron chi connectivity index (χ4n) is 6.23. The van der Waals surface area contributed by atoms with Gasteiger partial charge in [-0.05, 0) is 46.2 Å². The van der Waals surface area contributed by atoms with Gasteiger partial charge in [-0.1, -0.05) is 121 Å². The lowest BCUT2D eigenvalue weighted by atomic mass is 10.00. The average molecular weight is 565 g/mol. The number of hydrogen-bond donors (Lipinski definition) is 0. The summed E-state index contributed by atoms with van der Waals surface area (Å²) in [5, 5.41) is 7.27. The van der Waals surface area contributed by atoms with Crippen LogP contribution in [0.3, 0.4) is 0 Å². The van der Waals surface area contributed by atoms with Crippen LogP contribution in [-0.2, 0) is 0 Å². The Hall–Kier alpha value is -5.38. The summed E-state index contributed by atoms with van der Waals surface area (Å²) in [7, 11) is 0. The number of pyridine rings is 2. The van der Waals surface area contributed by atoms with E-state index in [1.54, 1.807) is 0 Å². The molecule has 3 aromatic heterocycles. The Morgan fingerprint density at radius 3 is 1.77 bits per heavy atom. The van der Waals surface area contributed by atoms with Crippen molar-refractivity contribution in [2.75, 3.05) is 0 Å². The van der Waals surface area contributed by atoms with Gasteiger partial charge in [-0.2, -0.15) is 0 Å². The number of rotatable bonds is 3. The first kappa shape index (κ1) is 24.2. The van der Waals surface area contributed by atoms with Crippen molar-refractivity contribution in [1.29, 1.82) is 0 Å². The van der Waals surface area contributed by atoms with Gasteiger partial charge in [-0.15, -0.1) is 11.3 Å². The summed E-state index contributed by atoms with van der Waals surface area (Å²) in [6.45, 7) is 0. The highest BCUT2D eigenvalue weighted by atomic mass is 32.1. The molecule has 0 aliphatic heterocycles. The molecule has 0 atom stereocenters. The number of nitrogens with zero attached hydrogens (tertiary/aromatic N) is 2. The Balaban J connectivity index is 1.13. The number of aromatic nitrogens is 2. The van der Waals surface area contributed by atoms with Crippen LogP contribution < -0.4 is 0 Å². The van der Waals surface area contributed by atoms with Gasteiger partial charge >= 0.3 is 0 Å². The van der Waals surface area contributed by atoms with Gasteiger partial charge in [-0.3, -0.25) is 0 Å². The highest BCUT2D eigenvalue weighted by molar-refractivity contribution is 7.26. The monoisotopic (exact) mass is 564 g/mol. The second-order valence-corrected chi connectivity index (χ2v) is 12.1. The fraction of sp³-hybridized carbons (Fsp3) is 0. The molecule has 0 saturated carbocycles. The van der Waals surface area contributed by atoms with Crippen LogP contribution in [0.5, 0.6) is 0 Å². The van der Waals surface area contributed by atoms with Gasteiger partial charge in [0.2, 0.25) is 0 Å². The largest absolute Gasteiger partial charge is 0.245 e. The Bertz CT molecular complexity index is 2510. The molecule has 0 spiro atoms. The van der Waals surface area contributed by atoms with Gasteiger partial charge in [-0.25, -0.2) is 9.97 Å². The molecular formula is C40H24N2S. The first-order chi connectivity index (χ1) is 21.3. The SMILES string of the molecule is c1ccc2cc(-c3ccc4ccc5ccc(-c6ccc(-c7cccc8c7sc7ccccc78)cc6)nc5c4n3)ccc2c1. The van der Waals surface area contributed by atoms with Crippen LogP contribution in [0.4, 0.5) is 0 Å². The lowest BCUT2D eigenvalue weighted by Crippen LogP contribution is -1.91. The van der Waals surface area contributed by atoms with Gasteiger partial charge < -0.3 is 0 Å². The van der Waals surface area contributed by atoms with E-state index in [4.69, 9.17) is 9.97 Å². The standard InChI is InChI=1S/C40H24N2S/c1-2-7-30-24-31(19-12-25(30)6-1)36-23-21-29-18-17-28-20-22-35(41-38(28)39(29)42-36)27-15-13-26(14-16-27)32-9-5-10-34-33-8-3-4-11-37(33)43-40(32)34/h1-24H. The van der Waals surface area contributed by atoms with Crippen LogP contribution in [0.15, 0.2) is 146 Å². The fourth-order valence-corrected chi connectivity index (χ4v) is 7.47. The summed E-state index contributed by atoms with van der Waals surface area (Å²) >= 11 is 1.87. The van der Waals surface area contributed by atoms with Crippen LogP contribution in [0, 0.1) is 0 Å². The van der Waals surface area contributed by atoms with Gasteiger partial charge in [0, 0.05) is 42.1 Å². The molecule has 0 N–H and O–H groups in total. The zero-order valence-electron chi connectivity index (χ0n) is 23.2. The van der Waals surface area contributed by atoms with Gasteiger partial charge in [0.05, 0.1) is 22.4 Å². The highest BCUT2D eigenvalue weighted by Gasteiger charge is 2.12. The smallest absolute Gasteiger partial charge is 0.0972 e. The normalized spacial score (nSPS) is 11.7. The molecule has 0 unspecified atom stereocenters. The molecule has 9 aromatic rings. The van der Waals surface area contributed by atoms with E-state index in [0.29, 0.717) is 0 Å². The van der Waals surface area contributed by atoms with E-state index in [9.17, 15) is 0 Å². The molecule has 6 aromatic carbocycles. The third-order valence-electron chi connectivity index (χ3n) is 8.46. The van der Waals surface area contributed by atoms with Gasteiger partial charge in [0.1, 0.15) is 0 Å². The molecule has 0 fully saturated rings. The Kier molecular flexibility index (Phi) is 5.40. The first-order valence-corrected chi connectivity index (χ1v) is 15.3. The van der Waals surface area contributed by atoms with E-state index < -0.39 is 0 Å². The molecule has 0 amide bonds. The summed E-state index contributed by atoms with van der Waals surface area (Å²) in [5.41, 5.74) is 8.45. The molecule has 0 radical (unpaired) electrons. The van der Waals surface area contributed by atoms with Crippen molar-refractivity contribution < 1.29 is 0 Å². The molecule has 3 heteroatoms. The molecule has 43 heavy (non-hydrogen) atoms. The summed E-state index contributed by atoms with van der Waals surface area (Å²) in [6.07, 6.45) is 0. The van der Waals surface area contributed by atoms with Crippen LogP contribution in [-0.4, -0.2) is 9.97 Å². The molecule has 0 bridgehead atoms. The minimum atomic E-state index is 0.928. The zero-order chi connectivity index (χ0) is 28.3. The van der Waals surface area contributed by atoms with Crippen molar-refractivity contribution in [2.24, 2.45) is 0 Å². The molecule has 2 nitrogen and oxygen atoms in total. The predicted molar refractivity (Wildman–Crippen MR) is 184 cm³/mol. The average Bonchev–Trinajstić information content (AvgIpc) is 3.47. The molecule has 3 heterocycles. The van der Waals surface area contributed by atoms with Crippen molar-refractivity contribution >= 4 is 64.1 Å². The highest BCUT2D eigenvalue weighted by Crippen LogP contribution is 2.40. The summed E-state index contributed by atoms with van der Waals surface area (Å²) in [5.74, 6) is 0. The van der Waals surface area contributed by atoms with Gasteiger partial charge in [0.25, 0.3) is 0 Å². The topological polar surface area (TPSA) is 25.8 Å². The Labute approximate surface area is 252 Å². The number of fused-ring (bicyclic) bond motifs is 7. The van der Waals surface area contributed by atoms with Crippen molar-refractivity contribution in [3.05, 3.63) is 146 Å². The molecular weight excluding hydrogens is 541 g/mol. The Morgan fingerprint density at radius 1 is 0.395 bits per heavy atom. The third kappa shape index (κ3) is 4.01. The first-order valence-electron chi connectivity index (χ1n) is 14.5. The number of thiophene rings is 1. The van der Waals surface area contributed by atoms with Crippen molar-refractivity contribution in [1.82, 2.24) is 9.97 Å². The quantitative estimate of drug-likeness (QED) is 0.199. The van der Waals surface area contributed by atoms with E-state index in [-0.39, 0.29) is 0 Å². The van der Waals surface area contributed by atoms with E-state index in [1.165, 1.54) is 42.1 Å². The summed E-state index contributed by atoms with van der Waals surface area (Å²) in [6, 6.07) is 51.9. The second-order valence-electron chi connectivity index (χ2n) is 11.0. The number of hydrogen-bond acceptors (Lipinski definition) is 3. The minimum Gasteiger partial charge on any atom is -0.245 e. The third-order valence-corrected chi connectivity index (χ3v) is 9.68. The molecule has 0 saturated heterocycles. The predicted octanol–water partition coefficient (Wildman–Crippen LogP) is 11.3. The van der Waals surface area contributed by atoms with Crippen LogP contribution >= 0.6 is 11.3 Å². The molecule has 0 aliphatic carbocycles. The van der Waals surface area contributed by atoms with E-state index in [2.05, 4.69) is 146 Å². The van der Waals surface area contributed by atoms with E-state index >= 15 is 0 Å². The number of benzene rings is 6. The van der Waals surface area contributed by atoms with Gasteiger partial charge in [0.15, 0.2) is 0 Å². The van der Waals surface area contributed by atoms with Crippen molar-refractivity contribution in [3.63, 3.8) is 0 Å². The molecule has 9 rings (SSSR count).